The summed E-state index contributed by atoms with van der Waals surface area (Å²) in [5, 5.41) is 14.0. The molecular formula is C10H14N2O2. The van der Waals surface area contributed by atoms with Gasteiger partial charge in [0.05, 0.1) is 0 Å². The summed E-state index contributed by atoms with van der Waals surface area (Å²) in [6.07, 6.45) is 0.542. The Bertz CT molecular complexity index is 313. The van der Waals surface area contributed by atoms with Crippen LogP contribution in [0.4, 0.5) is 10.5 Å². The number of hydrogen-bond acceptors (Lipinski definition) is 2. The van der Waals surface area contributed by atoms with Crippen molar-refractivity contribution in [2.24, 2.45) is 0 Å². The summed E-state index contributed by atoms with van der Waals surface area (Å²) >= 11 is 0. The zero-order chi connectivity index (χ0) is 10.4. The van der Waals surface area contributed by atoms with Crippen LogP contribution < -0.4 is 10.6 Å². The van der Waals surface area contributed by atoms with Gasteiger partial charge in [-0.05, 0) is 18.1 Å². The first-order valence-electron chi connectivity index (χ1n) is 4.45. The van der Waals surface area contributed by atoms with Crippen LogP contribution in [0.15, 0.2) is 24.3 Å². The van der Waals surface area contributed by atoms with Gasteiger partial charge in [0.2, 0.25) is 0 Å². The Morgan fingerprint density at radius 1 is 1.43 bits per heavy atom. The molecule has 1 aromatic rings. The summed E-state index contributed by atoms with van der Waals surface area (Å²) in [7, 11) is 1.56. The van der Waals surface area contributed by atoms with Gasteiger partial charge in [0.15, 0.2) is 0 Å². The number of rotatable bonds is 3. The molecule has 4 nitrogen and oxygen atoms in total. The molecule has 0 aliphatic heterocycles. The Labute approximate surface area is 82.9 Å². The molecule has 0 radical (unpaired) electrons. The number of carbonyl (C=O) groups excluding carboxylic acids is 1. The molecule has 2 amide bonds. The van der Waals surface area contributed by atoms with E-state index in [2.05, 4.69) is 10.6 Å². The van der Waals surface area contributed by atoms with E-state index < -0.39 is 0 Å². The number of para-hydroxylation sites is 1. The number of anilines is 1. The van der Waals surface area contributed by atoms with E-state index in [4.69, 9.17) is 5.11 Å². The highest BCUT2D eigenvalue weighted by Crippen LogP contribution is 2.14. The first-order valence-corrected chi connectivity index (χ1v) is 4.45. The quantitative estimate of drug-likeness (QED) is 0.671. The van der Waals surface area contributed by atoms with Gasteiger partial charge < -0.3 is 15.7 Å². The van der Waals surface area contributed by atoms with Crippen LogP contribution in [0, 0.1) is 0 Å². The van der Waals surface area contributed by atoms with Crippen LogP contribution in [0.3, 0.4) is 0 Å². The molecule has 0 aromatic heterocycles. The van der Waals surface area contributed by atoms with E-state index in [1.807, 2.05) is 18.2 Å². The molecule has 0 aliphatic rings. The van der Waals surface area contributed by atoms with Gasteiger partial charge in [-0.1, -0.05) is 18.2 Å². The zero-order valence-corrected chi connectivity index (χ0v) is 8.08. The van der Waals surface area contributed by atoms with E-state index in [0.29, 0.717) is 6.42 Å². The molecule has 1 aromatic carbocycles. The summed E-state index contributed by atoms with van der Waals surface area (Å²) in [6, 6.07) is 7.14. The van der Waals surface area contributed by atoms with Gasteiger partial charge in [-0.25, -0.2) is 4.79 Å². The van der Waals surface area contributed by atoms with Gasteiger partial charge in [-0.2, -0.15) is 0 Å². The lowest BCUT2D eigenvalue weighted by Crippen LogP contribution is -2.25. The van der Waals surface area contributed by atoms with E-state index in [9.17, 15) is 4.79 Å². The standard InChI is InChI=1S/C10H14N2O2/c1-11-10(14)12-9-5-3-2-4-8(9)6-7-13/h2-5,13H,6-7H2,1H3,(H2,11,12,14). The maximum atomic E-state index is 11.1. The fourth-order valence-corrected chi connectivity index (χ4v) is 1.17. The Morgan fingerprint density at radius 2 is 2.14 bits per heavy atom. The van der Waals surface area contributed by atoms with Gasteiger partial charge in [-0.15, -0.1) is 0 Å². The van der Waals surface area contributed by atoms with Crippen molar-refractivity contribution in [3.05, 3.63) is 29.8 Å². The highest BCUT2D eigenvalue weighted by Gasteiger charge is 2.03. The molecule has 0 aliphatic carbocycles. The molecular weight excluding hydrogens is 180 g/mol. The molecule has 1 rings (SSSR count). The maximum absolute atomic E-state index is 11.1. The highest BCUT2D eigenvalue weighted by molar-refractivity contribution is 5.89. The summed E-state index contributed by atoms with van der Waals surface area (Å²) in [6.45, 7) is 0.0758. The van der Waals surface area contributed by atoms with Crippen LogP contribution in [0.1, 0.15) is 5.56 Å². The molecule has 0 atom stereocenters. The molecule has 0 saturated carbocycles. The van der Waals surface area contributed by atoms with Gasteiger partial charge in [0.25, 0.3) is 0 Å². The molecule has 76 valence electrons. The monoisotopic (exact) mass is 194 g/mol. The number of aliphatic hydroxyl groups excluding tert-OH is 1. The highest BCUT2D eigenvalue weighted by atomic mass is 16.3. The first-order chi connectivity index (χ1) is 6.77. The Hall–Kier alpha value is -1.55. The van der Waals surface area contributed by atoms with Crippen molar-refractivity contribution >= 4 is 11.7 Å². The topological polar surface area (TPSA) is 61.4 Å². The number of carbonyl (C=O) groups is 1. The Kier molecular flexibility index (Phi) is 3.94. The summed E-state index contributed by atoms with van der Waals surface area (Å²) in [5.41, 5.74) is 1.67. The largest absolute Gasteiger partial charge is 0.396 e. The van der Waals surface area contributed by atoms with E-state index in [1.165, 1.54) is 0 Å². The third-order valence-electron chi connectivity index (χ3n) is 1.87. The number of urea groups is 1. The molecule has 0 unspecified atom stereocenters. The third-order valence-corrected chi connectivity index (χ3v) is 1.87. The molecule has 14 heavy (non-hydrogen) atoms. The number of benzene rings is 1. The number of nitrogens with one attached hydrogen (secondary N) is 2. The van der Waals surface area contributed by atoms with Crippen LogP contribution in [0.25, 0.3) is 0 Å². The SMILES string of the molecule is CNC(=O)Nc1ccccc1CCO. The molecule has 0 saturated heterocycles. The van der Waals surface area contributed by atoms with Crippen LogP contribution >= 0.6 is 0 Å². The lowest BCUT2D eigenvalue weighted by atomic mass is 10.1. The van der Waals surface area contributed by atoms with E-state index in [1.54, 1.807) is 13.1 Å². The van der Waals surface area contributed by atoms with E-state index >= 15 is 0 Å². The second kappa shape index (κ2) is 5.24. The zero-order valence-electron chi connectivity index (χ0n) is 8.08. The van der Waals surface area contributed by atoms with Crippen LogP contribution in [0.5, 0.6) is 0 Å². The predicted octanol–water partition coefficient (Wildman–Crippen LogP) is 0.973. The number of hydrogen-bond donors (Lipinski definition) is 3. The molecule has 0 fully saturated rings. The Morgan fingerprint density at radius 3 is 2.79 bits per heavy atom. The van der Waals surface area contributed by atoms with Crippen LogP contribution in [-0.2, 0) is 6.42 Å². The van der Waals surface area contributed by atoms with Gasteiger partial charge in [-0.3, -0.25) is 0 Å². The average Bonchev–Trinajstić information content (AvgIpc) is 2.21. The summed E-state index contributed by atoms with van der Waals surface area (Å²) < 4.78 is 0. The summed E-state index contributed by atoms with van der Waals surface area (Å²) in [5.74, 6) is 0. The van der Waals surface area contributed by atoms with Crippen molar-refractivity contribution in [3.63, 3.8) is 0 Å². The minimum Gasteiger partial charge on any atom is -0.396 e. The van der Waals surface area contributed by atoms with Gasteiger partial charge in [0, 0.05) is 19.3 Å². The van der Waals surface area contributed by atoms with Crippen molar-refractivity contribution in [3.8, 4) is 0 Å². The van der Waals surface area contributed by atoms with Gasteiger partial charge in [0.1, 0.15) is 0 Å². The van der Waals surface area contributed by atoms with E-state index in [-0.39, 0.29) is 12.6 Å². The molecule has 0 spiro atoms. The van der Waals surface area contributed by atoms with Crippen molar-refractivity contribution in [1.82, 2.24) is 5.32 Å². The molecule has 0 bridgehead atoms. The Balaban J connectivity index is 2.78. The van der Waals surface area contributed by atoms with Gasteiger partial charge >= 0.3 is 6.03 Å². The lowest BCUT2D eigenvalue weighted by molar-refractivity contribution is 0.254. The predicted molar refractivity (Wildman–Crippen MR) is 55.3 cm³/mol. The minimum absolute atomic E-state index is 0.0758. The fourth-order valence-electron chi connectivity index (χ4n) is 1.17. The minimum atomic E-state index is -0.254. The van der Waals surface area contributed by atoms with Crippen molar-refractivity contribution in [2.75, 3.05) is 19.0 Å². The second-order valence-corrected chi connectivity index (χ2v) is 2.83. The smallest absolute Gasteiger partial charge is 0.318 e. The molecule has 4 heteroatoms. The van der Waals surface area contributed by atoms with Crippen LogP contribution in [0.2, 0.25) is 0 Å². The number of aliphatic hydroxyl groups is 1. The molecule has 3 N–H and O–H groups in total. The maximum Gasteiger partial charge on any atom is 0.318 e. The second-order valence-electron chi connectivity index (χ2n) is 2.83. The van der Waals surface area contributed by atoms with Crippen molar-refractivity contribution < 1.29 is 9.90 Å². The van der Waals surface area contributed by atoms with E-state index in [0.717, 1.165) is 11.3 Å². The van der Waals surface area contributed by atoms with Crippen molar-refractivity contribution in [1.29, 1.82) is 0 Å². The first kappa shape index (κ1) is 10.5. The lowest BCUT2D eigenvalue weighted by Gasteiger charge is -2.09. The summed E-state index contributed by atoms with van der Waals surface area (Å²) in [4.78, 5) is 11.1. The fraction of sp³-hybridized carbons (Fsp3) is 0.300. The third kappa shape index (κ3) is 2.74. The van der Waals surface area contributed by atoms with Crippen LogP contribution in [-0.4, -0.2) is 24.8 Å². The number of amides is 2. The normalized spacial score (nSPS) is 9.57. The van der Waals surface area contributed by atoms with Crippen molar-refractivity contribution in [2.45, 2.75) is 6.42 Å². The molecule has 0 heterocycles. The average molecular weight is 194 g/mol.